The van der Waals surface area contributed by atoms with E-state index in [0.29, 0.717) is 0 Å². The van der Waals surface area contributed by atoms with Crippen molar-refractivity contribution < 1.29 is 19.2 Å². The molecule has 9 aromatic rings. The van der Waals surface area contributed by atoms with Crippen LogP contribution in [-0.2, 0) is 19.2 Å². The van der Waals surface area contributed by atoms with Gasteiger partial charge in [0, 0.05) is 0 Å². The van der Waals surface area contributed by atoms with Crippen molar-refractivity contribution in [2.45, 2.75) is 20.4 Å². The fourth-order valence-corrected chi connectivity index (χ4v) is 8.32. The zero-order valence-electron chi connectivity index (χ0n) is 28.2. The molecule has 0 saturated heterocycles. The second-order valence-corrected chi connectivity index (χ2v) is 18.1. The number of hydrogen-bond acceptors (Lipinski definition) is 0. The summed E-state index contributed by atoms with van der Waals surface area (Å²) in [5, 5.41) is 12.1. The molecule has 0 unspecified atom stereocenters. The maximum atomic E-state index is 2.31. The first-order valence-electron chi connectivity index (χ1n) is 16.9. The molecule has 0 saturated carbocycles. The Morgan fingerprint density at radius 2 is 0.776 bits per heavy atom. The largest absolute Gasteiger partial charge is 0.165 e. The van der Waals surface area contributed by atoms with Gasteiger partial charge in [-0.2, -0.15) is 12.1 Å². The Hall–Kier alpha value is -4.79. The zero-order chi connectivity index (χ0) is 33.7. The van der Waals surface area contributed by atoms with Crippen LogP contribution in [-0.4, -0.2) is 6.19 Å². The van der Waals surface area contributed by atoms with E-state index in [1.54, 1.807) is 0 Å². The molecule has 9 aromatic carbocycles. The average Bonchev–Trinajstić information content (AvgIpc) is 3.73. The maximum absolute atomic E-state index is 2.31. The number of rotatable bonds is 3. The Bertz CT molecular complexity index is 2380. The third kappa shape index (κ3) is 7.16. The Morgan fingerprint density at radius 1 is 0.408 bits per heavy atom. The third-order valence-electron chi connectivity index (χ3n) is 9.16. The molecule has 0 bridgehead atoms. The van der Waals surface area contributed by atoms with Crippen LogP contribution in [0.5, 0.6) is 0 Å². The second-order valence-electron chi connectivity index (χ2n) is 12.7. The minimum atomic E-state index is -0.212. The normalized spacial score (nSPS) is 10.9. The Balaban J connectivity index is 0.000000125. The summed E-state index contributed by atoms with van der Waals surface area (Å²) < 4.78 is 0. The molecule has 0 N–H and O–H groups in total. The van der Waals surface area contributed by atoms with Gasteiger partial charge in [0.1, 0.15) is 0 Å². The van der Waals surface area contributed by atoms with Gasteiger partial charge in [-0.3, -0.25) is 0 Å². The van der Waals surface area contributed by atoms with Gasteiger partial charge < -0.3 is 0 Å². The van der Waals surface area contributed by atoms with E-state index in [0.717, 1.165) is 0 Å². The third-order valence-corrected chi connectivity index (χ3v) is 11.7. The molecule has 9 rings (SSSR count). The molecule has 0 spiro atoms. The molecule has 0 radical (unpaired) electrons. The minimum absolute atomic E-state index is 0.212. The first-order chi connectivity index (χ1) is 24.0. The fraction of sp³-hybridized carbons (Fsp3) is 0.0638. The van der Waals surface area contributed by atoms with Gasteiger partial charge >= 0.3 is 67.4 Å². The van der Waals surface area contributed by atoms with Crippen molar-refractivity contribution in [1.29, 1.82) is 0 Å². The number of fused-ring (bicyclic) bond motifs is 4. The summed E-state index contributed by atoms with van der Waals surface area (Å²) in [5.74, 6) is 0. The van der Waals surface area contributed by atoms with E-state index >= 15 is 0 Å². The van der Waals surface area contributed by atoms with Crippen LogP contribution in [0.25, 0.3) is 65.3 Å². The van der Waals surface area contributed by atoms with E-state index in [4.69, 9.17) is 0 Å². The topological polar surface area (TPSA) is 0 Å². The molecule has 0 fully saturated rings. The summed E-state index contributed by atoms with van der Waals surface area (Å²) in [6, 6.07) is 63.2. The zero-order valence-corrected chi connectivity index (χ0v) is 30.8. The van der Waals surface area contributed by atoms with Gasteiger partial charge in [0.15, 0.2) is 0 Å². The van der Waals surface area contributed by atoms with Gasteiger partial charge in [0.2, 0.25) is 0 Å². The van der Waals surface area contributed by atoms with Gasteiger partial charge in [-0.25, -0.2) is 0 Å². The van der Waals surface area contributed by atoms with Gasteiger partial charge in [0.25, 0.3) is 0 Å². The van der Waals surface area contributed by atoms with Crippen molar-refractivity contribution in [3.63, 3.8) is 0 Å². The van der Waals surface area contributed by atoms with Crippen LogP contribution in [0.4, 0.5) is 0 Å². The van der Waals surface area contributed by atoms with E-state index in [1.807, 2.05) is 0 Å². The van der Waals surface area contributed by atoms with E-state index < -0.39 is 0 Å². The van der Waals surface area contributed by atoms with Crippen molar-refractivity contribution in [2.24, 2.45) is 0 Å². The van der Waals surface area contributed by atoms with Gasteiger partial charge in [-0.05, 0) is 32.7 Å². The summed E-state index contributed by atoms with van der Waals surface area (Å²) in [6.45, 7) is 6.62. The van der Waals surface area contributed by atoms with Crippen LogP contribution >= 0.6 is 0 Å². The van der Waals surface area contributed by atoms with Crippen molar-refractivity contribution in [3.8, 4) is 22.3 Å². The first kappa shape index (κ1) is 32.7. The molecule has 0 aromatic heterocycles. The minimum Gasteiger partial charge on any atom is -0.165 e. The van der Waals surface area contributed by atoms with Crippen LogP contribution in [0.2, 0.25) is 6.55 Å². The van der Waals surface area contributed by atoms with Crippen LogP contribution in [0, 0.1) is 13.8 Å². The molecule has 0 aliphatic heterocycles. The van der Waals surface area contributed by atoms with Crippen LogP contribution < -0.4 is 5.19 Å². The Morgan fingerprint density at radius 3 is 1.20 bits per heavy atom. The summed E-state index contributed by atoms with van der Waals surface area (Å²) in [5.41, 5.74) is 7.94. The molecular formula is C47H38SiTi. The van der Waals surface area contributed by atoms with Crippen molar-refractivity contribution >= 4 is 54.5 Å². The van der Waals surface area contributed by atoms with Crippen LogP contribution in [0.15, 0.2) is 176 Å². The first-order valence-corrected chi connectivity index (χ1v) is 21.2. The maximum Gasteiger partial charge on any atom is -0.0114 e. The standard InChI is InChI=1S/2C20H15.C7H8Si.Ti/c2*1-14-12-16-8-5-11-19(20(16)13-14)18-10-4-7-15-6-2-3-9-17(15)18;1-8-7-5-3-2-4-6-7;/h2*2-13H,1H3;2-6H,1H3;/q2*-1;;+2. The van der Waals surface area contributed by atoms with E-state index in [2.05, 4.69) is 215 Å². The summed E-state index contributed by atoms with van der Waals surface area (Å²) >= 11 is 2.31. The quantitative estimate of drug-likeness (QED) is 0.129. The predicted octanol–water partition coefficient (Wildman–Crippen LogP) is 12.4. The molecule has 0 aliphatic rings. The molecule has 49 heavy (non-hydrogen) atoms. The smallest absolute Gasteiger partial charge is 0.0114 e. The molecule has 2 heteroatoms. The molecular weight excluding hydrogens is 640 g/mol. The van der Waals surface area contributed by atoms with Crippen LogP contribution in [0.3, 0.4) is 0 Å². The average molecular weight is 679 g/mol. The van der Waals surface area contributed by atoms with E-state index in [9.17, 15) is 0 Å². The number of aryl methyl sites for hydroxylation is 2. The molecule has 0 aliphatic carbocycles. The van der Waals surface area contributed by atoms with Crippen molar-refractivity contribution in [3.05, 3.63) is 187 Å². The van der Waals surface area contributed by atoms with Crippen molar-refractivity contribution in [1.82, 2.24) is 0 Å². The van der Waals surface area contributed by atoms with E-state index in [1.165, 1.54) is 81.7 Å². The van der Waals surface area contributed by atoms with Gasteiger partial charge in [-0.1, -0.05) is 122 Å². The molecule has 0 atom stereocenters. The van der Waals surface area contributed by atoms with Gasteiger partial charge in [0.05, 0.1) is 0 Å². The van der Waals surface area contributed by atoms with Gasteiger partial charge in [-0.15, -0.1) is 69.1 Å². The monoisotopic (exact) mass is 678 g/mol. The summed E-state index contributed by atoms with van der Waals surface area (Å²) in [6.07, 6.45) is -0.212. The second kappa shape index (κ2) is 14.8. The molecule has 0 heterocycles. The summed E-state index contributed by atoms with van der Waals surface area (Å²) in [4.78, 5) is 0. The number of benzene rings is 7. The predicted molar refractivity (Wildman–Crippen MR) is 212 cm³/mol. The fourth-order valence-electron chi connectivity index (χ4n) is 6.85. The van der Waals surface area contributed by atoms with E-state index in [-0.39, 0.29) is 6.19 Å². The SMILES string of the molecule is C[Si](=[Ti+2])c1ccccc1.Cc1cc2c(-c3cccc4ccccc34)cccc2[cH-]1.Cc1cc2c(-c3cccc4ccccc34)cccc2[cH-]1. The molecule has 0 amide bonds. The Labute approximate surface area is 301 Å². The molecule has 0 nitrogen and oxygen atoms in total. The summed E-state index contributed by atoms with van der Waals surface area (Å²) in [7, 11) is 0. The Kier molecular flexibility index (Phi) is 9.87. The van der Waals surface area contributed by atoms with Crippen LogP contribution in [0.1, 0.15) is 11.1 Å². The van der Waals surface area contributed by atoms with Crippen molar-refractivity contribution in [2.75, 3.05) is 0 Å². The number of hydrogen-bond donors (Lipinski definition) is 0. The molecule has 234 valence electrons.